The van der Waals surface area contributed by atoms with Gasteiger partial charge in [0, 0.05) is 21.4 Å². The van der Waals surface area contributed by atoms with Gasteiger partial charge < -0.3 is 15.2 Å². The smallest absolute Gasteiger partial charge is 0.251 e. The molecule has 0 aliphatic carbocycles. The predicted molar refractivity (Wildman–Crippen MR) is 153 cm³/mol. The van der Waals surface area contributed by atoms with Crippen molar-refractivity contribution >= 4 is 50.2 Å². The highest BCUT2D eigenvalue weighted by atomic mass is 127. The molecule has 3 aromatic rings. The number of amides is 2. The van der Waals surface area contributed by atoms with Crippen LogP contribution in [0.4, 0.5) is 5.69 Å². The quantitative estimate of drug-likeness (QED) is 0.259. The molecule has 3 rings (SSSR count). The number of nitrogens with one attached hydrogen (secondary N) is 2. The maximum Gasteiger partial charge on any atom is 0.251 e. The molecule has 1 atom stereocenters. The van der Waals surface area contributed by atoms with Crippen molar-refractivity contribution in [2.45, 2.75) is 38.5 Å². The van der Waals surface area contributed by atoms with Crippen molar-refractivity contribution < 1.29 is 22.6 Å². The zero-order valence-electron chi connectivity index (χ0n) is 21.0. The van der Waals surface area contributed by atoms with Crippen LogP contribution in [-0.4, -0.2) is 37.1 Å². The summed E-state index contributed by atoms with van der Waals surface area (Å²) in [6.07, 6.45) is 0.418. The minimum atomic E-state index is -4.40. The summed E-state index contributed by atoms with van der Waals surface area (Å²) in [7, 11) is -4.40. The van der Waals surface area contributed by atoms with Crippen molar-refractivity contribution in [3.63, 3.8) is 0 Å². The molecule has 196 valence electrons. The second kappa shape index (κ2) is 12.2. The van der Waals surface area contributed by atoms with Crippen LogP contribution in [-0.2, 0) is 26.7 Å². The number of anilines is 1. The Labute approximate surface area is 232 Å². The summed E-state index contributed by atoms with van der Waals surface area (Å²) < 4.78 is 33.2. The van der Waals surface area contributed by atoms with E-state index in [4.69, 9.17) is 0 Å². The molecule has 7 nitrogen and oxygen atoms in total. The number of hydrogen-bond donors (Lipinski definition) is 2. The van der Waals surface area contributed by atoms with Gasteiger partial charge >= 0.3 is 0 Å². The molecule has 1 unspecified atom stereocenters. The first-order valence-corrected chi connectivity index (χ1v) is 14.4. The molecule has 0 saturated heterocycles. The lowest BCUT2D eigenvalue weighted by Gasteiger charge is -2.22. The van der Waals surface area contributed by atoms with E-state index < -0.39 is 27.7 Å². The summed E-state index contributed by atoms with van der Waals surface area (Å²) in [6, 6.07) is 22.5. The topological polar surface area (TPSA) is 115 Å². The molecule has 2 N–H and O–H groups in total. The Hall–Kier alpha value is -2.76. The van der Waals surface area contributed by atoms with Crippen LogP contribution in [0.1, 0.15) is 53.7 Å². The van der Waals surface area contributed by atoms with E-state index in [2.05, 4.69) is 66.1 Å². The van der Waals surface area contributed by atoms with Crippen LogP contribution in [0.3, 0.4) is 0 Å². The van der Waals surface area contributed by atoms with Gasteiger partial charge in [0.2, 0.25) is 5.91 Å². The lowest BCUT2D eigenvalue weighted by atomic mass is 9.84. The van der Waals surface area contributed by atoms with Gasteiger partial charge in [-0.1, -0.05) is 63.2 Å². The number of halogens is 1. The standard InChI is InChI=1S/C28H31IN2O5S/c1-28(2,3)22-13-11-20(12-14-22)25(27(33)31-24-6-4-5-23(29)18-24)17-19-7-9-21(10-8-19)26(32)30-15-16-37(34,35)36/h4-14,18,25H,15-17H2,1-3H3,(H,30,32)(H,31,33)(H,34,35,36)/p-1. The van der Waals surface area contributed by atoms with Gasteiger partial charge in [-0.3, -0.25) is 9.59 Å². The van der Waals surface area contributed by atoms with Crippen LogP contribution in [0.15, 0.2) is 72.8 Å². The normalized spacial score (nSPS) is 12.6. The highest BCUT2D eigenvalue weighted by Crippen LogP contribution is 2.28. The molecule has 3 aromatic carbocycles. The van der Waals surface area contributed by atoms with Crippen LogP contribution in [0.2, 0.25) is 0 Å². The van der Waals surface area contributed by atoms with Crippen LogP contribution in [0.25, 0.3) is 0 Å². The Morgan fingerprint density at radius 3 is 2.19 bits per heavy atom. The molecular weight excluding hydrogens is 603 g/mol. The number of carbonyl (C=O) groups is 2. The maximum atomic E-state index is 13.4. The van der Waals surface area contributed by atoms with Crippen molar-refractivity contribution in [2.75, 3.05) is 17.6 Å². The first-order chi connectivity index (χ1) is 17.3. The summed E-state index contributed by atoms with van der Waals surface area (Å²) >= 11 is 2.20. The van der Waals surface area contributed by atoms with Gasteiger partial charge in [0.15, 0.2) is 0 Å². The van der Waals surface area contributed by atoms with Crippen molar-refractivity contribution in [2.24, 2.45) is 0 Å². The fourth-order valence-electron chi connectivity index (χ4n) is 3.79. The lowest BCUT2D eigenvalue weighted by molar-refractivity contribution is -0.117. The number of rotatable bonds is 9. The average Bonchev–Trinajstić information content (AvgIpc) is 2.81. The minimum Gasteiger partial charge on any atom is -0.748 e. The molecule has 0 heterocycles. The fourth-order valence-corrected chi connectivity index (χ4v) is 4.69. The van der Waals surface area contributed by atoms with Gasteiger partial charge in [-0.25, -0.2) is 8.42 Å². The highest BCUT2D eigenvalue weighted by molar-refractivity contribution is 14.1. The zero-order valence-corrected chi connectivity index (χ0v) is 23.9. The van der Waals surface area contributed by atoms with E-state index in [-0.39, 0.29) is 17.9 Å². The molecule has 0 fully saturated rings. The SMILES string of the molecule is CC(C)(C)c1ccc(C(Cc2ccc(C(=O)NCCS(=O)(=O)[O-])cc2)C(=O)Nc2cccc(I)c2)cc1. The second-order valence-corrected chi connectivity index (χ2v) is 12.6. The molecule has 37 heavy (non-hydrogen) atoms. The molecule has 0 radical (unpaired) electrons. The van der Waals surface area contributed by atoms with Crippen molar-refractivity contribution in [3.8, 4) is 0 Å². The molecule has 0 aliphatic heterocycles. The molecule has 9 heteroatoms. The molecule has 0 spiro atoms. The monoisotopic (exact) mass is 633 g/mol. The summed E-state index contributed by atoms with van der Waals surface area (Å²) in [5, 5.41) is 5.46. The Morgan fingerprint density at radius 2 is 1.62 bits per heavy atom. The van der Waals surface area contributed by atoms with Crippen LogP contribution in [0.5, 0.6) is 0 Å². The maximum absolute atomic E-state index is 13.4. The van der Waals surface area contributed by atoms with Gasteiger partial charge in [-0.2, -0.15) is 0 Å². The molecule has 0 bridgehead atoms. The minimum absolute atomic E-state index is 0.00864. The molecule has 0 saturated carbocycles. The van der Waals surface area contributed by atoms with Crippen LogP contribution < -0.4 is 10.6 Å². The Balaban J connectivity index is 1.80. The molecular formula is C28H30IN2O5S-. The van der Waals surface area contributed by atoms with E-state index in [1.807, 2.05) is 36.4 Å². The van der Waals surface area contributed by atoms with Gasteiger partial charge in [0.25, 0.3) is 5.91 Å². The third-order valence-electron chi connectivity index (χ3n) is 5.88. The fraction of sp³-hybridized carbons (Fsp3) is 0.286. The van der Waals surface area contributed by atoms with Crippen molar-refractivity contribution in [1.82, 2.24) is 5.32 Å². The number of benzene rings is 3. The van der Waals surface area contributed by atoms with Crippen LogP contribution >= 0.6 is 22.6 Å². The van der Waals surface area contributed by atoms with Crippen LogP contribution in [0, 0.1) is 3.57 Å². The Morgan fingerprint density at radius 1 is 0.973 bits per heavy atom. The zero-order chi connectivity index (χ0) is 27.2. The molecule has 2 amide bonds. The lowest BCUT2D eigenvalue weighted by Crippen LogP contribution is -2.29. The second-order valence-electron chi connectivity index (χ2n) is 9.84. The van der Waals surface area contributed by atoms with E-state index in [1.165, 1.54) is 5.56 Å². The Kier molecular flexibility index (Phi) is 9.49. The van der Waals surface area contributed by atoms with E-state index in [0.29, 0.717) is 12.0 Å². The first-order valence-electron chi connectivity index (χ1n) is 11.8. The van der Waals surface area contributed by atoms with Crippen molar-refractivity contribution in [1.29, 1.82) is 0 Å². The van der Waals surface area contributed by atoms with Gasteiger partial charge in [0.05, 0.1) is 21.8 Å². The summed E-state index contributed by atoms with van der Waals surface area (Å²) in [4.78, 5) is 25.7. The first kappa shape index (κ1) is 28.8. The number of carbonyl (C=O) groups excluding carboxylic acids is 2. The average molecular weight is 634 g/mol. The van der Waals surface area contributed by atoms with Gasteiger partial charge in [0.1, 0.15) is 0 Å². The highest BCUT2D eigenvalue weighted by Gasteiger charge is 2.23. The Bertz CT molecular complexity index is 1350. The molecule has 0 aromatic heterocycles. The third kappa shape index (κ3) is 8.94. The van der Waals surface area contributed by atoms with E-state index in [9.17, 15) is 22.6 Å². The summed E-state index contributed by atoms with van der Waals surface area (Å²) in [5.74, 6) is -1.73. The van der Waals surface area contributed by atoms with Crippen molar-refractivity contribution in [3.05, 3.63) is 98.6 Å². The summed E-state index contributed by atoms with van der Waals surface area (Å²) in [6.45, 7) is 6.17. The third-order valence-corrected chi connectivity index (χ3v) is 7.26. The summed E-state index contributed by atoms with van der Waals surface area (Å²) in [5.41, 5.74) is 3.97. The number of hydrogen-bond acceptors (Lipinski definition) is 5. The van der Waals surface area contributed by atoms with Gasteiger partial charge in [-0.05, 0) is 81.4 Å². The van der Waals surface area contributed by atoms with E-state index in [1.54, 1.807) is 24.3 Å². The predicted octanol–water partition coefficient (Wildman–Crippen LogP) is 4.83. The van der Waals surface area contributed by atoms with E-state index >= 15 is 0 Å². The van der Waals surface area contributed by atoms with E-state index in [0.717, 1.165) is 20.4 Å². The van der Waals surface area contributed by atoms with Gasteiger partial charge in [-0.15, -0.1) is 0 Å². The molecule has 0 aliphatic rings. The largest absolute Gasteiger partial charge is 0.748 e.